The SMILES string of the molecule is CCc1cc(O)ccc1-c1ccc(N2CCCCCC2)nn1. The van der Waals surface area contributed by atoms with Crippen LogP contribution in [0.1, 0.15) is 38.2 Å². The van der Waals surface area contributed by atoms with Crippen LogP contribution in [0.4, 0.5) is 5.82 Å². The van der Waals surface area contributed by atoms with E-state index >= 15 is 0 Å². The van der Waals surface area contributed by atoms with Gasteiger partial charge in [-0.2, -0.15) is 0 Å². The predicted octanol–water partition coefficient (Wildman–Crippen LogP) is 3.79. The summed E-state index contributed by atoms with van der Waals surface area (Å²) in [5.74, 6) is 1.28. The summed E-state index contributed by atoms with van der Waals surface area (Å²) in [4.78, 5) is 2.33. The van der Waals surface area contributed by atoms with Crippen molar-refractivity contribution in [3.8, 4) is 17.0 Å². The van der Waals surface area contributed by atoms with Gasteiger partial charge in [0.25, 0.3) is 0 Å². The minimum absolute atomic E-state index is 0.301. The first-order valence-electron chi connectivity index (χ1n) is 8.19. The number of benzene rings is 1. The predicted molar refractivity (Wildman–Crippen MR) is 89.2 cm³/mol. The smallest absolute Gasteiger partial charge is 0.151 e. The van der Waals surface area contributed by atoms with E-state index < -0.39 is 0 Å². The number of phenols is 1. The van der Waals surface area contributed by atoms with Crippen molar-refractivity contribution >= 4 is 5.82 Å². The Kier molecular flexibility index (Phi) is 4.56. The summed E-state index contributed by atoms with van der Waals surface area (Å²) in [5.41, 5.74) is 3.02. The number of rotatable bonds is 3. The molecule has 0 spiro atoms. The van der Waals surface area contributed by atoms with Gasteiger partial charge in [0, 0.05) is 18.7 Å². The first-order chi connectivity index (χ1) is 10.8. The zero-order valence-corrected chi connectivity index (χ0v) is 13.1. The van der Waals surface area contributed by atoms with Crippen molar-refractivity contribution in [1.82, 2.24) is 10.2 Å². The summed E-state index contributed by atoms with van der Waals surface area (Å²) in [6.45, 7) is 4.23. The molecule has 116 valence electrons. The quantitative estimate of drug-likeness (QED) is 0.936. The van der Waals surface area contributed by atoms with Gasteiger partial charge in [-0.25, -0.2) is 0 Å². The second-order valence-corrected chi connectivity index (χ2v) is 5.87. The summed E-state index contributed by atoms with van der Waals surface area (Å²) in [5, 5.41) is 18.5. The topological polar surface area (TPSA) is 49.2 Å². The molecule has 4 nitrogen and oxygen atoms in total. The van der Waals surface area contributed by atoms with Gasteiger partial charge in [-0.1, -0.05) is 19.8 Å². The van der Waals surface area contributed by atoms with Crippen LogP contribution in [-0.2, 0) is 6.42 Å². The van der Waals surface area contributed by atoms with Gasteiger partial charge in [-0.15, -0.1) is 10.2 Å². The summed E-state index contributed by atoms with van der Waals surface area (Å²) in [6.07, 6.45) is 5.97. The molecule has 2 aromatic rings. The molecule has 3 rings (SSSR count). The molecule has 1 aromatic heterocycles. The standard InChI is InChI=1S/C18H23N3O/c1-2-14-13-15(22)7-8-16(14)17-9-10-18(20-19-17)21-11-5-3-4-6-12-21/h7-10,13,22H,2-6,11-12H2,1H3. The highest BCUT2D eigenvalue weighted by Gasteiger charge is 2.13. The average Bonchev–Trinajstić information content (AvgIpc) is 2.84. The number of nitrogens with zero attached hydrogens (tertiary/aromatic N) is 3. The van der Waals surface area contributed by atoms with E-state index in [9.17, 15) is 5.11 Å². The van der Waals surface area contributed by atoms with Gasteiger partial charge in [-0.3, -0.25) is 0 Å². The second kappa shape index (κ2) is 6.77. The van der Waals surface area contributed by atoms with Gasteiger partial charge in [0.2, 0.25) is 0 Å². The Morgan fingerprint density at radius 3 is 2.41 bits per heavy atom. The van der Waals surface area contributed by atoms with E-state index in [0.717, 1.165) is 42.1 Å². The molecule has 1 fully saturated rings. The van der Waals surface area contributed by atoms with Crippen molar-refractivity contribution in [2.45, 2.75) is 39.0 Å². The van der Waals surface area contributed by atoms with Crippen molar-refractivity contribution < 1.29 is 5.11 Å². The molecule has 0 saturated carbocycles. The Bertz CT molecular complexity index is 617. The normalized spacial score (nSPS) is 15.6. The summed E-state index contributed by atoms with van der Waals surface area (Å²) >= 11 is 0. The maximum atomic E-state index is 9.61. The highest BCUT2D eigenvalue weighted by atomic mass is 16.3. The lowest BCUT2D eigenvalue weighted by Gasteiger charge is -2.20. The first kappa shape index (κ1) is 14.8. The van der Waals surface area contributed by atoms with E-state index in [1.807, 2.05) is 12.1 Å². The number of aryl methyl sites for hydroxylation is 1. The molecule has 0 amide bonds. The van der Waals surface area contributed by atoms with Crippen LogP contribution in [-0.4, -0.2) is 28.4 Å². The van der Waals surface area contributed by atoms with E-state index in [4.69, 9.17) is 0 Å². The molecule has 1 aliphatic rings. The third-order valence-corrected chi connectivity index (χ3v) is 4.33. The molecule has 0 bridgehead atoms. The molecule has 1 aromatic carbocycles. The zero-order valence-electron chi connectivity index (χ0n) is 13.1. The Balaban J connectivity index is 1.84. The molecule has 22 heavy (non-hydrogen) atoms. The minimum atomic E-state index is 0.301. The maximum Gasteiger partial charge on any atom is 0.151 e. The van der Waals surface area contributed by atoms with Gasteiger partial charge in [-0.05, 0) is 55.2 Å². The molecule has 2 heterocycles. The van der Waals surface area contributed by atoms with Crippen LogP contribution in [0, 0.1) is 0 Å². The summed E-state index contributed by atoms with van der Waals surface area (Å²) in [6, 6.07) is 9.54. The van der Waals surface area contributed by atoms with E-state index in [1.54, 1.807) is 12.1 Å². The van der Waals surface area contributed by atoms with Gasteiger partial charge in [0.1, 0.15) is 5.75 Å². The summed E-state index contributed by atoms with van der Waals surface area (Å²) in [7, 11) is 0. The van der Waals surface area contributed by atoms with E-state index in [0.29, 0.717) is 5.75 Å². The average molecular weight is 297 g/mol. The number of anilines is 1. The Labute approximate surface area is 131 Å². The molecule has 0 radical (unpaired) electrons. The van der Waals surface area contributed by atoms with Gasteiger partial charge in [0.15, 0.2) is 5.82 Å². The Morgan fingerprint density at radius 1 is 1.00 bits per heavy atom. The molecule has 0 unspecified atom stereocenters. The monoisotopic (exact) mass is 297 g/mol. The Morgan fingerprint density at radius 2 is 1.77 bits per heavy atom. The molecule has 0 atom stereocenters. The van der Waals surface area contributed by atoms with Crippen LogP contribution >= 0.6 is 0 Å². The lowest BCUT2D eigenvalue weighted by atomic mass is 10.0. The Hall–Kier alpha value is -2.10. The van der Waals surface area contributed by atoms with E-state index in [1.165, 1.54) is 25.7 Å². The minimum Gasteiger partial charge on any atom is -0.508 e. The van der Waals surface area contributed by atoms with Crippen molar-refractivity contribution in [2.75, 3.05) is 18.0 Å². The maximum absolute atomic E-state index is 9.61. The molecular formula is C18H23N3O. The van der Waals surface area contributed by atoms with Gasteiger partial charge >= 0.3 is 0 Å². The van der Waals surface area contributed by atoms with Crippen molar-refractivity contribution in [3.63, 3.8) is 0 Å². The number of hydrogen-bond acceptors (Lipinski definition) is 4. The highest BCUT2D eigenvalue weighted by molar-refractivity contribution is 5.65. The van der Waals surface area contributed by atoms with Crippen molar-refractivity contribution in [1.29, 1.82) is 0 Å². The largest absolute Gasteiger partial charge is 0.508 e. The lowest BCUT2D eigenvalue weighted by Crippen LogP contribution is -2.25. The third kappa shape index (κ3) is 3.21. The van der Waals surface area contributed by atoms with E-state index in [-0.39, 0.29) is 0 Å². The van der Waals surface area contributed by atoms with Gasteiger partial charge < -0.3 is 10.0 Å². The third-order valence-electron chi connectivity index (χ3n) is 4.33. The first-order valence-corrected chi connectivity index (χ1v) is 8.19. The number of hydrogen-bond donors (Lipinski definition) is 1. The van der Waals surface area contributed by atoms with Gasteiger partial charge in [0.05, 0.1) is 5.69 Å². The number of aromatic nitrogens is 2. The molecule has 1 N–H and O–H groups in total. The fourth-order valence-corrected chi connectivity index (χ4v) is 3.06. The number of aromatic hydroxyl groups is 1. The van der Waals surface area contributed by atoms with Crippen LogP contribution in [0.5, 0.6) is 5.75 Å². The zero-order chi connectivity index (χ0) is 15.4. The fraction of sp³-hybridized carbons (Fsp3) is 0.444. The molecule has 0 aliphatic carbocycles. The van der Waals surface area contributed by atoms with Crippen LogP contribution in [0.25, 0.3) is 11.3 Å². The highest BCUT2D eigenvalue weighted by Crippen LogP contribution is 2.27. The van der Waals surface area contributed by atoms with Crippen LogP contribution < -0.4 is 4.90 Å². The lowest BCUT2D eigenvalue weighted by molar-refractivity contribution is 0.474. The fourth-order valence-electron chi connectivity index (χ4n) is 3.06. The van der Waals surface area contributed by atoms with Crippen molar-refractivity contribution in [3.05, 3.63) is 35.9 Å². The molecule has 1 saturated heterocycles. The van der Waals surface area contributed by atoms with Crippen LogP contribution in [0.3, 0.4) is 0 Å². The summed E-state index contributed by atoms with van der Waals surface area (Å²) < 4.78 is 0. The number of phenolic OH excluding ortho intramolecular Hbond substituents is 1. The van der Waals surface area contributed by atoms with Crippen LogP contribution in [0.2, 0.25) is 0 Å². The molecule has 4 heteroatoms. The van der Waals surface area contributed by atoms with E-state index in [2.05, 4.69) is 28.1 Å². The molecular weight excluding hydrogens is 274 g/mol. The van der Waals surface area contributed by atoms with Crippen molar-refractivity contribution in [2.24, 2.45) is 0 Å². The molecule has 1 aliphatic heterocycles. The van der Waals surface area contributed by atoms with Crippen LogP contribution in [0.15, 0.2) is 30.3 Å². The second-order valence-electron chi connectivity index (χ2n) is 5.87.